The number of rotatable bonds is 4. The average molecular weight is 379 g/mol. The quantitative estimate of drug-likeness (QED) is 0.635. The Morgan fingerprint density at radius 3 is 2.68 bits per heavy atom. The number of hydrogen-bond donors (Lipinski definition) is 0. The molecule has 0 atom stereocenters. The van der Waals surface area contributed by atoms with Crippen LogP contribution in [0.15, 0.2) is 33.8 Å². The number of aromatic nitrogens is 5. The van der Waals surface area contributed by atoms with Crippen LogP contribution in [-0.4, -0.2) is 31.6 Å². The molecule has 0 bridgehead atoms. The molecule has 7 nitrogen and oxygen atoms in total. The number of nitrogens with zero attached hydrogens (tertiary/aromatic N) is 6. The minimum atomic E-state index is -0.112. The number of halogens is 2. The molecule has 3 rings (SSSR count). The van der Waals surface area contributed by atoms with Crippen molar-refractivity contribution in [3.63, 3.8) is 0 Å². The predicted molar refractivity (Wildman–Crippen MR) is 96.2 cm³/mol. The number of benzene rings is 1. The van der Waals surface area contributed by atoms with Gasteiger partial charge in [0.25, 0.3) is 0 Å². The van der Waals surface area contributed by atoms with E-state index in [-0.39, 0.29) is 5.41 Å². The van der Waals surface area contributed by atoms with Crippen molar-refractivity contribution in [2.45, 2.75) is 32.6 Å². The fourth-order valence-electron chi connectivity index (χ4n) is 2.05. The lowest BCUT2D eigenvalue weighted by atomic mass is 9.93. The van der Waals surface area contributed by atoms with Crippen molar-refractivity contribution >= 4 is 35.2 Å². The molecule has 1 aromatic carbocycles. The van der Waals surface area contributed by atoms with Gasteiger partial charge in [-0.25, -0.2) is 4.99 Å². The van der Waals surface area contributed by atoms with Gasteiger partial charge in [0.2, 0.25) is 0 Å². The second kappa shape index (κ2) is 6.93. The molecule has 0 unspecified atom stereocenters. The Bertz CT molecular complexity index is 909. The fraction of sp³-hybridized carbons (Fsp3) is 0.312. The predicted octanol–water partition coefficient (Wildman–Crippen LogP) is 4.20. The van der Waals surface area contributed by atoms with Crippen LogP contribution in [0.3, 0.4) is 0 Å². The topological polar surface area (TPSA) is 82.0 Å². The van der Waals surface area contributed by atoms with Crippen LogP contribution in [0.1, 0.15) is 32.4 Å². The van der Waals surface area contributed by atoms with Crippen molar-refractivity contribution in [1.82, 2.24) is 25.4 Å². The van der Waals surface area contributed by atoms with Gasteiger partial charge in [-0.05, 0) is 28.6 Å². The summed E-state index contributed by atoms with van der Waals surface area (Å²) < 4.78 is 6.88. The van der Waals surface area contributed by atoms with Gasteiger partial charge in [0.15, 0.2) is 11.6 Å². The smallest absolute Gasteiger partial charge is 0.195 e. The zero-order valence-electron chi connectivity index (χ0n) is 13.9. The Balaban J connectivity index is 1.75. The molecular weight excluding hydrogens is 363 g/mol. The first-order chi connectivity index (χ1) is 11.8. The van der Waals surface area contributed by atoms with Crippen LogP contribution < -0.4 is 0 Å². The van der Waals surface area contributed by atoms with Crippen molar-refractivity contribution in [3.05, 3.63) is 45.9 Å². The van der Waals surface area contributed by atoms with Crippen LogP contribution in [0.4, 0.5) is 5.82 Å². The van der Waals surface area contributed by atoms with Crippen molar-refractivity contribution in [2.75, 3.05) is 0 Å². The maximum Gasteiger partial charge on any atom is 0.195 e. The summed E-state index contributed by atoms with van der Waals surface area (Å²) in [6.07, 6.45) is 2.11. The third kappa shape index (κ3) is 4.05. The standard InChI is InChI=1S/C16H16Cl2N6O/c1-16(2,3)13-9-14(21-25-13)19-7-6-15-20-22-23-24(15)10-4-5-11(17)12(18)8-10/h4-5,7-9H,6H2,1-3H3. The maximum absolute atomic E-state index is 6.05. The third-order valence-electron chi connectivity index (χ3n) is 3.42. The van der Waals surface area contributed by atoms with Crippen LogP contribution in [0.5, 0.6) is 0 Å². The minimum absolute atomic E-state index is 0.112. The summed E-state index contributed by atoms with van der Waals surface area (Å²) in [4.78, 5) is 4.30. The van der Waals surface area contributed by atoms with E-state index >= 15 is 0 Å². The van der Waals surface area contributed by atoms with Crippen molar-refractivity contribution in [1.29, 1.82) is 0 Å². The van der Waals surface area contributed by atoms with Crippen molar-refractivity contribution < 1.29 is 4.52 Å². The SMILES string of the molecule is CC(C)(C)c1cc(N=CCc2nnnn2-c2ccc(Cl)c(Cl)c2)no1. The van der Waals surface area contributed by atoms with E-state index in [0.29, 0.717) is 28.1 Å². The van der Waals surface area contributed by atoms with E-state index in [2.05, 4.69) is 25.7 Å². The van der Waals surface area contributed by atoms with Crippen molar-refractivity contribution in [3.8, 4) is 5.69 Å². The van der Waals surface area contributed by atoms with Gasteiger partial charge in [0.05, 0.1) is 15.7 Å². The first-order valence-electron chi connectivity index (χ1n) is 7.57. The fourth-order valence-corrected chi connectivity index (χ4v) is 2.34. The number of hydrogen-bond acceptors (Lipinski definition) is 6. The highest BCUT2D eigenvalue weighted by atomic mass is 35.5. The highest BCUT2D eigenvalue weighted by Crippen LogP contribution is 2.26. The van der Waals surface area contributed by atoms with E-state index in [1.54, 1.807) is 29.1 Å². The van der Waals surface area contributed by atoms with Crippen LogP contribution in [0.25, 0.3) is 5.69 Å². The molecule has 0 radical (unpaired) electrons. The molecule has 0 fully saturated rings. The van der Waals surface area contributed by atoms with Gasteiger partial charge in [0, 0.05) is 24.1 Å². The molecule has 0 saturated carbocycles. The number of tetrazole rings is 1. The van der Waals surface area contributed by atoms with Gasteiger partial charge in [-0.2, -0.15) is 4.68 Å². The summed E-state index contributed by atoms with van der Waals surface area (Å²) in [6, 6.07) is 7.01. The van der Waals surface area contributed by atoms with Gasteiger partial charge < -0.3 is 4.52 Å². The molecule has 0 spiro atoms. The molecule has 25 heavy (non-hydrogen) atoms. The molecular formula is C16H16Cl2N6O. The summed E-state index contributed by atoms with van der Waals surface area (Å²) in [7, 11) is 0. The molecule has 2 heterocycles. The zero-order valence-corrected chi connectivity index (χ0v) is 15.5. The zero-order chi connectivity index (χ0) is 18.0. The Labute approximate surface area is 154 Å². The second-order valence-electron chi connectivity index (χ2n) is 6.42. The maximum atomic E-state index is 6.05. The summed E-state index contributed by atoms with van der Waals surface area (Å²) in [6.45, 7) is 6.14. The molecule has 130 valence electrons. The summed E-state index contributed by atoms with van der Waals surface area (Å²) in [5, 5.41) is 16.5. The van der Waals surface area contributed by atoms with E-state index < -0.39 is 0 Å². The van der Waals surface area contributed by atoms with Crippen LogP contribution in [0.2, 0.25) is 10.0 Å². The Kier molecular flexibility index (Phi) is 4.87. The molecule has 0 aliphatic heterocycles. The highest BCUT2D eigenvalue weighted by Gasteiger charge is 2.19. The molecule has 0 aliphatic rings. The Morgan fingerprint density at radius 1 is 1.20 bits per heavy atom. The molecule has 0 aliphatic carbocycles. The van der Waals surface area contributed by atoms with Crippen LogP contribution in [-0.2, 0) is 11.8 Å². The summed E-state index contributed by atoms with van der Waals surface area (Å²) in [5.41, 5.74) is 0.609. The second-order valence-corrected chi connectivity index (χ2v) is 7.23. The number of aliphatic imine (C=N–C) groups is 1. The van der Waals surface area contributed by atoms with Gasteiger partial charge in [-0.3, -0.25) is 0 Å². The van der Waals surface area contributed by atoms with Gasteiger partial charge in [-0.15, -0.1) is 5.10 Å². The minimum Gasteiger partial charge on any atom is -0.359 e. The lowest BCUT2D eigenvalue weighted by Gasteiger charge is -2.11. The molecule has 3 aromatic rings. The van der Waals surface area contributed by atoms with Gasteiger partial charge in [0.1, 0.15) is 5.76 Å². The van der Waals surface area contributed by atoms with Crippen LogP contribution in [0, 0.1) is 0 Å². The molecule has 0 amide bonds. The normalized spacial score (nSPS) is 12.2. The largest absolute Gasteiger partial charge is 0.359 e. The van der Waals surface area contributed by atoms with Gasteiger partial charge >= 0.3 is 0 Å². The lowest BCUT2D eigenvalue weighted by molar-refractivity contribution is 0.330. The van der Waals surface area contributed by atoms with E-state index in [0.717, 1.165) is 11.4 Å². The molecule has 9 heteroatoms. The first kappa shape index (κ1) is 17.6. The third-order valence-corrected chi connectivity index (χ3v) is 4.16. The summed E-state index contributed by atoms with van der Waals surface area (Å²) in [5.74, 6) is 1.90. The highest BCUT2D eigenvalue weighted by molar-refractivity contribution is 6.42. The summed E-state index contributed by atoms with van der Waals surface area (Å²) >= 11 is 12.0. The Hall–Kier alpha value is -2.25. The van der Waals surface area contributed by atoms with Gasteiger partial charge in [-0.1, -0.05) is 49.1 Å². The Morgan fingerprint density at radius 2 is 2.00 bits per heavy atom. The van der Waals surface area contributed by atoms with Crippen LogP contribution >= 0.6 is 23.2 Å². The van der Waals surface area contributed by atoms with E-state index in [9.17, 15) is 0 Å². The van der Waals surface area contributed by atoms with E-state index in [1.165, 1.54) is 0 Å². The average Bonchev–Trinajstić information content (AvgIpc) is 3.19. The van der Waals surface area contributed by atoms with E-state index in [1.807, 2.05) is 26.8 Å². The molecule has 0 N–H and O–H groups in total. The first-order valence-corrected chi connectivity index (χ1v) is 8.32. The monoisotopic (exact) mass is 378 g/mol. The lowest BCUT2D eigenvalue weighted by Crippen LogP contribution is -2.08. The molecule has 2 aromatic heterocycles. The van der Waals surface area contributed by atoms with Crippen molar-refractivity contribution in [2.24, 2.45) is 4.99 Å². The van der Waals surface area contributed by atoms with E-state index in [4.69, 9.17) is 27.7 Å². The molecule has 0 saturated heterocycles.